The van der Waals surface area contributed by atoms with Crippen LogP contribution >= 0.6 is 0 Å². The van der Waals surface area contributed by atoms with Gasteiger partial charge in [-0.05, 0) is 25.5 Å². The lowest BCUT2D eigenvalue weighted by Gasteiger charge is -2.09. The van der Waals surface area contributed by atoms with Crippen LogP contribution in [0.25, 0.3) is 11.0 Å². The first-order valence-corrected chi connectivity index (χ1v) is 6.27. The molecule has 0 saturated heterocycles. The minimum atomic E-state index is 0.525. The number of hydrogen-bond donors (Lipinski definition) is 0. The molecule has 3 nitrogen and oxygen atoms in total. The van der Waals surface area contributed by atoms with Gasteiger partial charge in [0, 0.05) is 10.9 Å². The van der Waals surface area contributed by atoms with Crippen LogP contribution in [0.2, 0.25) is 0 Å². The van der Waals surface area contributed by atoms with Crippen molar-refractivity contribution in [2.24, 2.45) is 0 Å². The number of pyridine rings is 1. The van der Waals surface area contributed by atoms with Gasteiger partial charge >= 0.3 is 0 Å². The van der Waals surface area contributed by atoms with E-state index in [9.17, 15) is 0 Å². The highest BCUT2D eigenvalue weighted by atomic mass is 16.5. The molecule has 0 amide bonds. The van der Waals surface area contributed by atoms with Gasteiger partial charge in [-0.15, -0.1) is 0 Å². The number of ether oxygens (including phenoxy) is 1. The monoisotopic (exact) mass is 253 g/mol. The highest BCUT2D eigenvalue weighted by Gasteiger charge is 2.11. The number of fused-ring (bicyclic) bond motifs is 1. The molecule has 2 heterocycles. The zero-order valence-electron chi connectivity index (χ0n) is 11.0. The molecule has 0 fully saturated rings. The van der Waals surface area contributed by atoms with Gasteiger partial charge in [0.25, 0.3) is 0 Å². The quantitative estimate of drug-likeness (QED) is 0.707. The van der Waals surface area contributed by atoms with E-state index < -0.39 is 0 Å². The average molecular weight is 253 g/mol. The standard InChI is InChI=1S/C16H15NO2/c1-11-14-8-9-18-15(14)12(2)17-16(11)19-10-13-6-4-3-5-7-13/h3-9H,10H2,1-2H3. The molecule has 0 radical (unpaired) electrons. The normalized spacial score (nSPS) is 10.8. The highest BCUT2D eigenvalue weighted by molar-refractivity contribution is 5.83. The summed E-state index contributed by atoms with van der Waals surface area (Å²) in [6.07, 6.45) is 1.69. The zero-order chi connectivity index (χ0) is 13.2. The summed E-state index contributed by atoms with van der Waals surface area (Å²) in [5.41, 5.74) is 3.84. The Bertz CT molecular complexity index is 701. The van der Waals surface area contributed by atoms with Crippen LogP contribution in [-0.2, 0) is 6.61 Å². The van der Waals surface area contributed by atoms with Gasteiger partial charge < -0.3 is 9.15 Å². The van der Waals surface area contributed by atoms with Crippen molar-refractivity contribution >= 4 is 11.0 Å². The molecule has 0 atom stereocenters. The van der Waals surface area contributed by atoms with Crippen molar-refractivity contribution in [3.8, 4) is 5.88 Å². The van der Waals surface area contributed by atoms with E-state index in [0.29, 0.717) is 12.5 Å². The fraction of sp³-hybridized carbons (Fsp3) is 0.188. The Morgan fingerprint density at radius 2 is 1.89 bits per heavy atom. The maximum atomic E-state index is 5.83. The van der Waals surface area contributed by atoms with Crippen LogP contribution in [0, 0.1) is 13.8 Å². The molecule has 3 rings (SSSR count). The lowest BCUT2D eigenvalue weighted by atomic mass is 10.1. The summed E-state index contributed by atoms with van der Waals surface area (Å²) >= 11 is 0. The molecule has 19 heavy (non-hydrogen) atoms. The van der Waals surface area contributed by atoms with Gasteiger partial charge in [0.1, 0.15) is 6.61 Å². The molecule has 0 spiro atoms. The molecule has 2 aromatic heterocycles. The van der Waals surface area contributed by atoms with Gasteiger partial charge in [-0.2, -0.15) is 0 Å². The summed E-state index contributed by atoms with van der Waals surface area (Å²) < 4.78 is 11.3. The minimum absolute atomic E-state index is 0.525. The minimum Gasteiger partial charge on any atom is -0.473 e. The maximum absolute atomic E-state index is 5.83. The van der Waals surface area contributed by atoms with E-state index in [4.69, 9.17) is 9.15 Å². The Morgan fingerprint density at radius 3 is 2.68 bits per heavy atom. The van der Waals surface area contributed by atoms with Gasteiger partial charge in [0.05, 0.1) is 12.0 Å². The van der Waals surface area contributed by atoms with Gasteiger partial charge in [-0.3, -0.25) is 0 Å². The Kier molecular flexibility index (Phi) is 2.95. The van der Waals surface area contributed by atoms with E-state index in [0.717, 1.165) is 27.8 Å². The second-order valence-corrected chi connectivity index (χ2v) is 4.57. The van der Waals surface area contributed by atoms with Crippen LogP contribution in [0.4, 0.5) is 0 Å². The summed E-state index contributed by atoms with van der Waals surface area (Å²) in [5, 5.41) is 1.07. The first-order valence-electron chi connectivity index (χ1n) is 6.27. The van der Waals surface area contributed by atoms with Crippen LogP contribution in [0.1, 0.15) is 16.8 Å². The van der Waals surface area contributed by atoms with Crippen molar-refractivity contribution in [2.45, 2.75) is 20.5 Å². The predicted octanol–water partition coefficient (Wildman–Crippen LogP) is 4.02. The van der Waals surface area contributed by atoms with Crippen LogP contribution in [0.3, 0.4) is 0 Å². The molecule has 0 aliphatic heterocycles. The van der Waals surface area contributed by atoms with Crippen LogP contribution in [0.15, 0.2) is 47.1 Å². The lowest BCUT2D eigenvalue weighted by Crippen LogP contribution is -2.00. The molecule has 3 heteroatoms. The third-order valence-corrected chi connectivity index (χ3v) is 3.21. The van der Waals surface area contributed by atoms with Crippen LogP contribution < -0.4 is 4.74 Å². The fourth-order valence-electron chi connectivity index (χ4n) is 2.15. The molecular weight excluding hydrogens is 238 g/mol. The molecule has 0 aliphatic carbocycles. The molecule has 0 unspecified atom stereocenters. The molecule has 0 saturated carbocycles. The van der Waals surface area contributed by atoms with E-state index in [1.165, 1.54) is 0 Å². The Balaban J connectivity index is 1.91. The van der Waals surface area contributed by atoms with Gasteiger partial charge in [0.2, 0.25) is 5.88 Å². The molecule has 3 aromatic rings. The van der Waals surface area contributed by atoms with E-state index in [1.54, 1.807) is 6.26 Å². The number of furan rings is 1. The maximum Gasteiger partial charge on any atom is 0.217 e. The molecule has 0 bridgehead atoms. The number of hydrogen-bond acceptors (Lipinski definition) is 3. The van der Waals surface area contributed by atoms with E-state index >= 15 is 0 Å². The SMILES string of the molecule is Cc1c(OCc2ccccc2)nc(C)c2occc12. The Labute approximate surface area is 111 Å². The average Bonchev–Trinajstić information content (AvgIpc) is 2.92. The molecular formula is C16H15NO2. The second kappa shape index (κ2) is 4.76. The lowest BCUT2D eigenvalue weighted by molar-refractivity contribution is 0.291. The first-order chi connectivity index (χ1) is 9.25. The van der Waals surface area contributed by atoms with Crippen LogP contribution in [0.5, 0.6) is 5.88 Å². The number of benzene rings is 1. The van der Waals surface area contributed by atoms with Gasteiger partial charge in [0.15, 0.2) is 5.58 Å². The number of nitrogens with zero attached hydrogens (tertiary/aromatic N) is 1. The Morgan fingerprint density at radius 1 is 1.11 bits per heavy atom. The number of rotatable bonds is 3. The van der Waals surface area contributed by atoms with Crippen molar-refractivity contribution in [1.29, 1.82) is 0 Å². The number of aryl methyl sites for hydroxylation is 2. The highest BCUT2D eigenvalue weighted by Crippen LogP contribution is 2.28. The Hall–Kier alpha value is -2.29. The third-order valence-electron chi connectivity index (χ3n) is 3.21. The topological polar surface area (TPSA) is 35.3 Å². The third kappa shape index (κ3) is 2.19. The van der Waals surface area contributed by atoms with Crippen molar-refractivity contribution in [1.82, 2.24) is 4.98 Å². The predicted molar refractivity (Wildman–Crippen MR) is 74.3 cm³/mol. The van der Waals surface area contributed by atoms with Crippen molar-refractivity contribution in [2.75, 3.05) is 0 Å². The molecule has 0 aliphatic rings. The molecule has 0 N–H and O–H groups in total. The fourth-order valence-corrected chi connectivity index (χ4v) is 2.15. The van der Waals surface area contributed by atoms with E-state index in [2.05, 4.69) is 4.98 Å². The van der Waals surface area contributed by atoms with E-state index in [1.807, 2.05) is 50.2 Å². The zero-order valence-corrected chi connectivity index (χ0v) is 11.0. The van der Waals surface area contributed by atoms with E-state index in [-0.39, 0.29) is 0 Å². The van der Waals surface area contributed by atoms with Crippen molar-refractivity contribution in [3.05, 3.63) is 59.5 Å². The first kappa shape index (κ1) is 11.8. The summed E-state index contributed by atoms with van der Waals surface area (Å²) in [6, 6.07) is 12.0. The van der Waals surface area contributed by atoms with Crippen molar-refractivity contribution < 1.29 is 9.15 Å². The second-order valence-electron chi connectivity index (χ2n) is 4.57. The summed E-state index contributed by atoms with van der Waals surface area (Å²) in [5.74, 6) is 0.676. The smallest absolute Gasteiger partial charge is 0.217 e. The van der Waals surface area contributed by atoms with Gasteiger partial charge in [-0.1, -0.05) is 30.3 Å². The molecule has 1 aromatic carbocycles. The summed E-state index contributed by atoms with van der Waals surface area (Å²) in [6.45, 7) is 4.46. The van der Waals surface area contributed by atoms with Crippen molar-refractivity contribution in [3.63, 3.8) is 0 Å². The summed E-state index contributed by atoms with van der Waals surface area (Å²) in [7, 11) is 0. The summed E-state index contributed by atoms with van der Waals surface area (Å²) in [4.78, 5) is 4.47. The van der Waals surface area contributed by atoms with Crippen LogP contribution in [-0.4, -0.2) is 4.98 Å². The molecule has 96 valence electrons. The van der Waals surface area contributed by atoms with Gasteiger partial charge in [-0.25, -0.2) is 4.98 Å². The largest absolute Gasteiger partial charge is 0.473 e. The number of aromatic nitrogens is 1.